The Kier molecular flexibility index (Phi) is 6.91. The van der Waals surface area contributed by atoms with Crippen LogP contribution in [0.1, 0.15) is 11.1 Å². The molecule has 2 aromatic rings. The number of hydrogen-bond donors (Lipinski definition) is 2. The second kappa shape index (κ2) is 8.99. The largest absolute Gasteiger partial charge is 0.325 e. The van der Waals surface area contributed by atoms with E-state index in [9.17, 15) is 31.5 Å². The van der Waals surface area contributed by atoms with E-state index in [2.05, 4.69) is 5.32 Å². The van der Waals surface area contributed by atoms with Crippen LogP contribution in [-0.4, -0.2) is 36.9 Å². The molecule has 0 atom stereocenters. The van der Waals surface area contributed by atoms with E-state index in [4.69, 9.17) is 0 Å². The van der Waals surface area contributed by atoms with Gasteiger partial charge in [0.1, 0.15) is 5.69 Å². The number of amides is 2. The molecule has 10 heteroatoms. The predicted molar refractivity (Wildman–Crippen MR) is 96.9 cm³/mol. The molecule has 5 nitrogen and oxygen atoms in total. The zero-order valence-electron chi connectivity index (χ0n) is 15.8. The van der Waals surface area contributed by atoms with Crippen LogP contribution < -0.4 is 10.6 Å². The molecule has 0 saturated heterocycles. The van der Waals surface area contributed by atoms with Crippen LogP contribution in [0.5, 0.6) is 0 Å². The molecule has 0 aliphatic rings. The number of rotatable bonds is 6. The lowest BCUT2D eigenvalue weighted by atomic mass is 10.1. The predicted octanol–water partition coefficient (Wildman–Crippen LogP) is 3.51. The van der Waals surface area contributed by atoms with E-state index in [1.807, 2.05) is 19.9 Å². The Hall–Kier alpha value is -3.01. The molecule has 0 spiro atoms. The van der Waals surface area contributed by atoms with Gasteiger partial charge in [-0.1, -0.05) is 12.1 Å². The van der Waals surface area contributed by atoms with Crippen molar-refractivity contribution in [1.82, 2.24) is 4.90 Å². The fourth-order valence-corrected chi connectivity index (χ4v) is 2.52. The lowest BCUT2D eigenvalue weighted by Gasteiger charge is -2.17. The molecule has 156 valence electrons. The number of nitrogens with zero attached hydrogens (tertiary/aromatic N) is 1. The fourth-order valence-electron chi connectivity index (χ4n) is 2.52. The number of carbonyl (C=O) groups excluding carboxylic acids is 2. The lowest BCUT2D eigenvalue weighted by molar-refractivity contribution is -0.119. The van der Waals surface area contributed by atoms with E-state index in [1.165, 1.54) is 11.9 Å². The third-order valence-electron chi connectivity index (χ3n) is 4.18. The highest BCUT2D eigenvalue weighted by atomic mass is 19.2. The molecule has 29 heavy (non-hydrogen) atoms. The van der Waals surface area contributed by atoms with Crippen LogP contribution in [0, 0.1) is 42.9 Å². The molecule has 2 rings (SSSR count). The summed E-state index contributed by atoms with van der Waals surface area (Å²) in [5, 5.41) is 4.32. The van der Waals surface area contributed by atoms with Crippen molar-refractivity contribution in [3.63, 3.8) is 0 Å². The zero-order valence-corrected chi connectivity index (χ0v) is 15.8. The lowest BCUT2D eigenvalue weighted by Crippen LogP contribution is -2.36. The summed E-state index contributed by atoms with van der Waals surface area (Å²) in [5.74, 6) is -12.5. The highest BCUT2D eigenvalue weighted by Crippen LogP contribution is 2.27. The standard InChI is InChI=1S/C19H18F5N3O2/c1-9-5-4-6-11(10(9)2)25-12(28)7-27(3)8-13(29)26-19-17(23)15(21)14(20)16(22)18(19)24/h4-6H,7-8H2,1-3H3,(H,25,28)(H,26,29). The van der Waals surface area contributed by atoms with Crippen molar-refractivity contribution in [2.24, 2.45) is 0 Å². The Bertz CT molecular complexity index is 936. The van der Waals surface area contributed by atoms with Crippen molar-refractivity contribution < 1.29 is 31.5 Å². The number of hydrogen-bond acceptors (Lipinski definition) is 3. The van der Waals surface area contributed by atoms with Crippen molar-refractivity contribution in [2.75, 3.05) is 30.8 Å². The monoisotopic (exact) mass is 415 g/mol. The minimum atomic E-state index is -2.32. The van der Waals surface area contributed by atoms with Gasteiger partial charge in [-0.25, -0.2) is 22.0 Å². The number of likely N-dealkylation sites (N-methyl/N-ethyl adjacent to an activating group) is 1. The first-order valence-corrected chi connectivity index (χ1v) is 8.38. The molecule has 0 aromatic heterocycles. The van der Waals surface area contributed by atoms with E-state index in [1.54, 1.807) is 17.4 Å². The highest BCUT2D eigenvalue weighted by Gasteiger charge is 2.27. The molecule has 0 fully saturated rings. The van der Waals surface area contributed by atoms with E-state index in [0.29, 0.717) is 5.69 Å². The van der Waals surface area contributed by atoms with Crippen LogP contribution in [0.25, 0.3) is 0 Å². The second-order valence-corrected chi connectivity index (χ2v) is 6.46. The molecule has 2 aromatic carbocycles. The number of benzene rings is 2. The molecule has 0 saturated carbocycles. The van der Waals surface area contributed by atoms with Gasteiger partial charge in [-0.15, -0.1) is 0 Å². The van der Waals surface area contributed by atoms with E-state index in [-0.39, 0.29) is 6.54 Å². The van der Waals surface area contributed by atoms with Crippen LogP contribution in [-0.2, 0) is 9.59 Å². The normalized spacial score (nSPS) is 10.9. The first-order valence-electron chi connectivity index (χ1n) is 8.38. The number of nitrogens with one attached hydrogen (secondary N) is 2. The molecule has 0 radical (unpaired) electrons. The molecule has 2 amide bonds. The van der Waals surface area contributed by atoms with Gasteiger partial charge in [0.25, 0.3) is 0 Å². The van der Waals surface area contributed by atoms with E-state index >= 15 is 0 Å². The summed E-state index contributed by atoms with van der Waals surface area (Å²) in [6.07, 6.45) is 0. The summed E-state index contributed by atoms with van der Waals surface area (Å²) in [6.45, 7) is 2.92. The molecule has 2 N–H and O–H groups in total. The third kappa shape index (κ3) is 5.08. The van der Waals surface area contributed by atoms with Crippen LogP contribution in [0.2, 0.25) is 0 Å². The Labute approximate surface area is 163 Å². The molecule has 0 aliphatic heterocycles. The molecule has 0 aliphatic carbocycles. The fraction of sp³-hybridized carbons (Fsp3) is 0.263. The summed E-state index contributed by atoms with van der Waals surface area (Å²) in [5.41, 5.74) is 0.986. The number of halogens is 5. The average molecular weight is 415 g/mol. The Morgan fingerprint density at radius 3 is 1.86 bits per heavy atom. The van der Waals surface area contributed by atoms with Gasteiger partial charge in [-0.05, 0) is 38.1 Å². The maximum atomic E-state index is 13.6. The van der Waals surface area contributed by atoms with Crippen molar-refractivity contribution in [2.45, 2.75) is 13.8 Å². The minimum Gasteiger partial charge on any atom is -0.325 e. The van der Waals surface area contributed by atoms with Gasteiger partial charge < -0.3 is 10.6 Å². The maximum absolute atomic E-state index is 13.6. The van der Waals surface area contributed by atoms with Crippen molar-refractivity contribution in [3.05, 3.63) is 58.4 Å². The molecule has 0 heterocycles. The van der Waals surface area contributed by atoms with Crippen LogP contribution in [0.15, 0.2) is 18.2 Å². The summed E-state index contributed by atoms with van der Waals surface area (Å²) in [7, 11) is 1.38. The quantitative estimate of drug-likeness (QED) is 0.431. The van der Waals surface area contributed by atoms with E-state index < -0.39 is 53.1 Å². The first kappa shape index (κ1) is 22.3. The van der Waals surface area contributed by atoms with Crippen LogP contribution in [0.4, 0.5) is 33.3 Å². The first-order chi connectivity index (χ1) is 13.5. The Morgan fingerprint density at radius 2 is 1.31 bits per heavy atom. The molecular weight excluding hydrogens is 397 g/mol. The molecular formula is C19H18F5N3O2. The Balaban J connectivity index is 1.99. The number of carbonyl (C=O) groups is 2. The SMILES string of the molecule is Cc1cccc(NC(=O)CN(C)CC(=O)Nc2c(F)c(F)c(F)c(F)c2F)c1C. The van der Waals surface area contributed by atoms with Gasteiger partial charge in [-0.2, -0.15) is 0 Å². The van der Waals surface area contributed by atoms with Crippen molar-refractivity contribution in [1.29, 1.82) is 0 Å². The highest BCUT2D eigenvalue weighted by molar-refractivity contribution is 5.95. The molecule has 0 unspecified atom stereocenters. The number of aryl methyl sites for hydroxylation is 1. The van der Waals surface area contributed by atoms with Gasteiger partial charge in [-0.3, -0.25) is 14.5 Å². The van der Waals surface area contributed by atoms with Gasteiger partial charge >= 0.3 is 0 Å². The zero-order chi connectivity index (χ0) is 21.9. The van der Waals surface area contributed by atoms with Crippen molar-refractivity contribution >= 4 is 23.2 Å². The second-order valence-electron chi connectivity index (χ2n) is 6.46. The summed E-state index contributed by atoms with van der Waals surface area (Å²) < 4.78 is 66.6. The average Bonchev–Trinajstić information content (AvgIpc) is 2.65. The van der Waals surface area contributed by atoms with Gasteiger partial charge in [0, 0.05) is 5.69 Å². The Morgan fingerprint density at radius 1 is 0.828 bits per heavy atom. The van der Waals surface area contributed by atoms with Crippen LogP contribution in [0.3, 0.4) is 0 Å². The maximum Gasteiger partial charge on any atom is 0.238 e. The topological polar surface area (TPSA) is 61.4 Å². The van der Waals surface area contributed by atoms with E-state index in [0.717, 1.165) is 11.1 Å². The van der Waals surface area contributed by atoms with Crippen molar-refractivity contribution in [3.8, 4) is 0 Å². The third-order valence-corrected chi connectivity index (χ3v) is 4.18. The van der Waals surface area contributed by atoms with Gasteiger partial charge in [0.2, 0.25) is 17.6 Å². The van der Waals surface area contributed by atoms with Crippen LogP contribution >= 0.6 is 0 Å². The number of anilines is 2. The van der Waals surface area contributed by atoms with Gasteiger partial charge in [0.15, 0.2) is 23.3 Å². The van der Waals surface area contributed by atoms with Gasteiger partial charge in [0.05, 0.1) is 13.1 Å². The molecule has 0 bridgehead atoms. The smallest absolute Gasteiger partial charge is 0.238 e. The summed E-state index contributed by atoms with van der Waals surface area (Å²) in [6, 6.07) is 5.34. The summed E-state index contributed by atoms with van der Waals surface area (Å²) in [4.78, 5) is 25.2. The minimum absolute atomic E-state index is 0.252. The summed E-state index contributed by atoms with van der Waals surface area (Å²) >= 11 is 0.